The molecule has 0 saturated carbocycles. The molecule has 41 heavy (non-hydrogen) atoms. The van der Waals surface area contributed by atoms with Gasteiger partial charge in [0, 0.05) is 35.5 Å². The molecule has 4 amide bonds. The van der Waals surface area contributed by atoms with Crippen molar-refractivity contribution in [1.29, 1.82) is 0 Å². The lowest BCUT2D eigenvalue weighted by molar-refractivity contribution is -0.400. The zero-order valence-corrected chi connectivity index (χ0v) is 24.3. The van der Waals surface area contributed by atoms with E-state index in [-0.39, 0.29) is 0 Å². The molecule has 0 saturated heterocycles. The number of methoxy groups -OCH3 is 1. The lowest BCUT2D eigenvalue weighted by atomic mass is 9.96. The lowest BCUT2D eigenvalue weighted by Gasteiger charge is -2.20. The Kier molecular flexibility index (Phi) is 9.17. The van der Waals surface area contributed by atoms with Crippen LogP contribution in [-0.4, -0.2) is 77.5 Å². The summed E-state index contributed by atoms with van der Waals surface area (Å²) in [6.45, 7) is 4.50. The number of anilines is 1. The van der Waals surface area contributed by atoms with Gasteiger partial charge >= 0.3 is 11.9 Å². The average Bonchev–Trinajstić information content (AvgIpc) is 2.95. The number of nitrogens with one attached hydrogen (secondary N) is 2. The van der Waals surface area contributed by atoms with Gasteiger partial charge in [0.05, 0.1) is 44.2 Å². The average molecular weight is 579 g/mol. The van der Waals surface area contributed by atoms with E-state index in [4.69, 9.17) is 16.3 Å². The predicted molar refractivity (Wildman–Crippen MR) is 157 cm³/mol. The number of nitrogens with zero attached hydrogens (tertiary/aromatic N) is 3. The summed E-state index contributed by atoms with van der Waals surface area (Å²) in [7, 11) is 4.40. The summed E-state index contributed by atoms with van der Waals surface area (Å²) in [6, 6.07) is 14.4. The third kappa shape index (κ3) is 6.30. The van der Waals surface area contributed by atoms with Crippen molar-refractivity contribution in [3.63, 3.8) is 0 Å². The highest BCUT2D eigenvalue weighted by Crippen LogP contribution is 2.39. The highest BCUT2D eigenvalue weighted by atomic mass is 35.5. The van der Waals surface area contributed by atoms with Gasteiger partial charge in [-0.25, -0.2) is 14.4 Å². The number of hydrogen-bond donors (Lipinski definition) is 3. The Hall–Kier alpha value is -4.12. The number of rotatable bonds is 9. The SMILES string of the molecule is COc1nc(-c2cccc(-c3cccc(NC(=O)C4C=[N+](C)C(=O)N(C)C4=O)c3C)c2Cl)ccc1CNC[C@@H](C)O. The molecule has 0 spiro atoms. The van der Waals surface area contributed by atoms with E-state index in [0.29, 0.717) is 40.9 Å². The summed E-state index contributed by atoms with van der Waals surface area (Å²) in [4.78, 5) is 43.3. The fraction of sp³-hybridized carbons (Fsp3) is 0.300. The first-order chi connectivity index (χ1) is 19.5. The molecule has 3 aromatic rings. The number of hydrogen-bond acceptors (Lipinski definition) is 7. The van der Waals surface area contributed by atoms with Crippen molar-refractivity contribution in [3.8, 4) is 28.3 Å². The van der Waals surface area contributed by atoms with Gasteiger partial charge in [0.25, 0.3) is 0 Å². The molecular weight excluding hydrogens is 546 g/mol. The molecule has 1 aromatic heterocycles. The molecule has 11 heteroatoms. The van der Waals surface area contributed by atoms with E-state index in [2.05, 4.69) is 15.6 Å². The number of aromatic nitrogens is 1. The molecule has 0 fully saturated rings. The van der Waals surface area contributed by atoms with Gasteiger partial charge in [-0.2, -0.15) is 9.69 Å². The van der Waals surface area contributed by atoms with Crippen molar-refractivity contribution in [2.24, 2.45) is 5.92 Å². The summed E-state index contributed by atoms with van der Waals surface area (Å²) < 4.78 is 6.74. The van der Waals surface area contributed by atoms with Gasteiger partial charge in [-0.1, -0.05) is 48.0 Å². The first kappa shape index (κ1) is 29.9. The fourth-order valence-corrected chi connectivity index (χ4v) is 4.95. The number of urea groups is 1. The smallest absolute Gasteiger partial charge is 0.481 e. The number of halogens is 1. The van der Waals surface area contributed by atoms with Gasteiger partial charge in [0.1, 0.15) is 0 Å². The van der Waals surface area contributed by atoms with Gasteiger partial charge < -0.3 is 20.5 Å². The second-order valence-corrected chi connectivity index (χ2v) is 10.3. The number of amides is 4. The molecule has 214 valence electrons. The van der Waals surface area contributed by atoms with Crippen molar-refractivity contribution >= 4 is 41.3 Å². The normalized spacial score (nSPS) is 15.9. The van der Waals surface area contributed by atoms with Crippen molar-refractivity contribution in [3.05, 3.63) is 64.7 Å². The summed E-state index contributed by atoms with van der Waals surface area (Å²) in [5, 5.41) is 16.0. The number of imide groups is 1. The monoisotopic (exact) mass is 578 g/mol. The lowest BCUT2D eigenvalue weighted by Crippen LogP contribution is -2.51. The topological polar surface area (TPSA) is 124 Å². The van der Waals surface area contributed by atoms with Crippen LogP contribution in [0.1, 0.15) is 18.1 Å². The van der Waals surface area contributed by atoms with E-state index in [0.717, 1.165) is 27.2 Å². The molecule has 2 atom stereocenters. The van der Waals surface area contributed by atoms with Crippen LogP contribution in [0.3, 0.4) is 0 Å². The van der Waals surface area contributed by atoms with Gasteiger partial charge in [0.2, 0.25) is 11.8 Å². The summed E-state index contributed by atoms with van der Waals surface area (Å²) in [5.74, 6) is -1.82. The quantitative estimate of drug-likeness (QED) is 0.261. The van der Waals surface area contributed by atoms with Gasteiger partial charge in [0.15, 0.2) is 5.92 Å². The Bertz CT molecular complexity index is 1540. The summed E-state index contributed by atoms with van der Waals surface area (Å²) in [6.07, 6.45) is 0.849. The fourth-order valence-electron chi connectivity index (χ4n) is 4.63. The maximum Gasteiger partial charge on any atom is 0.499 e. The number of aliphatic hydroxyl groups is 1. The Balaban J connectivity index is 1.63. The molecule has 4 rings (SSSR count). The van der Waals surface area contributed by atoms with Gasteiger partial charge in [-0.05, 0) is 37.1 Å². The van der Waals surface area contributed by atoms with E-state index in [9.17, 15) is 19.5 Å². The largest absolute Gasteiger partial charge is 0.499 e. The molecule has 0 aliphatic carbocycles. The predicted octanol–water partition coefficient (Wildman–Crippen LogP) is 3.72. The Morgan fingerprint density at radius 1 is 1.15 bits per heavy atom. The highest BCUT2D eigenvalue weighted by Gasteiger charge is 2.43. The van der Waals surface area contributed by atoms with Crippen LogP contribution in [0, 0.1) is 12.8 Å². The zero-order chi connectivity index (χ0) is 29.8. The molecule has 1 aliphatic heterocycles. The standard InChI is InChI=1S/C30H32ClN5O5/c1-17(37)14-32-15-19-12-13-25(34-28(19)41-5)22-10-6-9-21(26(22)31)20-8-7-11-24(18(20)2)33-27(38)23-16-35(3)30(40)36(4)29(23)39/h6-13,16-17,23,32,37H,14-15H2,1-5H3/p+1/t17-,23?/m1/s1. The first-order valence-electron chi connectivity index (χ1n) is 13.0. The van der Waals surface area contributed by atoms with E-state index < -0.39 is 29.9 Å². The molecule has 1 aliphatic rings. The van der Waals surface area contributed by atoms with Gasteiger partial charge in [-0.15, -0.1) is 0 Å². The van der Waals surface area contributed by atoms with Crippen LogP contribution in [-0.2, 0) is 16.1 Å². The molecule has 2 heterocycles. The van der Waals surface area contributed by atoms with Crippen LogP contribution in [0.5, 0.6) is 5.88 Å². The minimum atomic E-state index is -1.14. The van der Waals surface area contributed by atoms with E-state index in [1.165, 1.54) is 24.9 Å². The zero-order valence-electron chi connectivity index (χ0n) is 23.6. The minimum Gasteiger partial charge on any atom is -0.481 e. The van der Waals surface area contributed by atoms with Crippen molar-refractivity contribution < 1.29 is 28.8 Å². The third-order valence-corrected chi connectivity index (χ3v) is 7.29. The Labute approximate surface area is 243 Å². The van der Waals surface area contributed by atoms with Crippen molar-refractivity contribution in [2.75, 3.05) is 33.1 Å². The molecule has 3 N–H and O–H groups in total. The van der Waals surface area contributed by atoms with Crippen LogP contribution >= 0.6 is 11.6 Å². The number of pyridine rings is 1. The van der Waals surface area contributed by atoms with Crippen LogP contribution in [0.4, 0.5) is 10.5 Å². The minimum absolute atomic E-state index is 0.445. The number of aliphatic hydroxyl groups excluding tert-OH is 1. The van der Waals surface area contributed by atoms with Crippen LogP contribution in [0.15, 0.2) is 48.5 Å². The summed E-state index contributed by atoms with van der Waals surface area (Å²) >= 11 is 6.95. The maximum absolute atomic E-state index is 13.1. The second-order valence-electron chi connectivity index (χ2n) is 9.90. The van der Waals surface area contributed by atoms with Crippen LogP contribution in [0.25, 0.3) is 22.4 Å². The maximum atomic E-state index is 13.1. The van der Waals surface area contributed by atoms with E-state index in [1.807, 2.05) is 43.3 Å². The number of carbonyl (C=O) groups excluding carboxylic acids is 3. The summed E-state index contributed by atoms with van der Waals surface area (Å²) in [5.41, 5.74) is 4.99. The molecule has 2 aromatic carbocycles. The first-order valence-corrected chi connectivity index (χ1v) is 13.4. The van der Waals surface area contributed by atoms with Crippen molar-refractivity contribution in [2.45, 2.75) is 26.5 Å². The second kappa shape index (κ2) is 12.6. The highest BCUT2D eigenvalue weighted by molar-refractivity contribution is 6.36. The number of benzene rings is 2. The Morgan fingerprint density at radius 2 is 1.83 bits per heavy atom. The molecule has 0 radical (unpaired) electrons. The molecule has 1 unspecified atom stereocenters. The van der Waals surface area contributed by atoms with Crippen LogP contribution in [0.2, 0.25) is 5.02 Å². The third-order valence-electron chi connectivity index (χ3n) is 6.88. The number of carbonyl (C=O) groups is 3. The number of ether oxygens (including phenoxy) is 1. The van der Waals surface area contributed by atoms with Gasteiger partial charge in [-0.3, -0.25) is 4.79 Å². The van der Waals surface area contributed by atoms with Crippen molar-refractivity contribution in [1.82, 2.24) is 15.2 Å². The van der Waals surface area contributed by atoms with E-state index >= 15 is 0 Å². The van der Waals surface area contributed by atoms with E-state index in [1.54, 1.807) is 26.2 Å². The molecule has 0 bridgehead atoms. The molecular formula is C30H33ClN5O5+. The van der Waals surface area contributed by atoms with Crippen LogP contribution < -0.4 is 15.4 Å². The molecule has 10 nitrogen and oxygen atoms in total. The Morgan fingerprint density at radius 3 is 2.54 bits per heavy atom.